The van der Waals surface area contributed by atoms with Crippen molar-refractivity contribution in [3.8, 4) is 0 Å². The van der Waals surface area contributed by atoms with Gasteiger partial charge in [-0.1, -0.05) is 0 Å². The second-order valence-corrected chi connectivity index (χ2v) is 3.04. The van der Waals surface area contributed by atoms with Crippen LogP contribution in [0.5, 0.6) is 0 Å². The molecule has 0 unspecified atom stereocenters. The van der Waals surface area contributed by atoms with Crippen LogP contribution < -0.4 is 0 Å². The SMILES string of the molecule is CC(=O)N=C1C=C(C)C(=O)C(C)=C1. The Morgan fingerprint density at radius 1 is 1.23 bits per heavy atom. The Hall–Kier alpha value is -1.51. The molecule has 3 nitrogen and oxygen atoms in total. The van der Waals surface area contributed by atoms with Crippen LogP contribution in [-0.4, -0.2) is 17.4 Å². The van der Waals surface area contributed by atoms with Gasteiger partial charge in [-0.15, -0.1) is 0 Å². The van der Waals surface area contributed by atoms with E-state index in [9.17, 15) is 9.59 Å². The quantitative estimate of drug-likeness (QED) is 0.526. The number of hydrogen-bond donors (Lipinski definition) is 0. The van der Waals surface area contributed by atoms with E-state index in [4.69, 9.17) is 0 Å². The van der Waals surface area contributed by atoms with Gasteiger partial charge in [-0.25, -0.2) is 4.99 Å². The predicted molar refractivity (Wildman–Crippen MR) is 50.6 cm³/mol. The number of rotatable bonds is 0. The molecule has 0 saturated heterocycles. The minimum atomic E-state index is -0.252. The molecule has 0 atom stereocenters. The van der Waals surface area contributed by atoms with Crippen molar-refractivity contribution in [2.24, 2.45) is 4.99 Å². The van der Waals surface area contributed by atoms with Gasteiger partial charge < -0.3 is 0 Å². The van der Waals surface area contributed by atoms with Crippen molar-refractivity contribution < 1.29 is 9.59 Å². The molecule has 0 radical (unpaired) electrons. The first kappa shape index (κ1) is 9.58. The normalized spacial score (nSPS) is 16.5. The van der Waals surface area contributed by atoms with Crippen molar-refractivity contribution in [1.29, 1.82) is 0 Å². The number of Topliss-reactive ketones (excluding diaryl/α,β-unsaturated/α-hetero) is 1. The van der Waals surface area contributed by atoms with Crippen molar-refractivity contribution in [2.75, 3.05) is 0 Å². The molecule has 1 aliphatic carbocycles. The van der Waals surface area contributed by atoms with E-state index in [-0.39, 0.29) is 11.7 Å². The van der Waals surface area contributed by atoms with Crippen LogP contribution >= 0.6 is 0 Å². The predicted octanol–water partition coefficient (Wildman–Crippen LogP) is 1.45. The maximum Gasteiger partial charge on any atom is 0.243 e. The molecule has 0 aliphatic heterocycles. The van der Waals surface area contributed by atoms with E-state index >= 15 is 0 Å². The van der Waals surface area contributed by atoms with Gasteiger partial charge in [0.2, 0.25) is 5.91 Å². The van der Waals surface area contributed by atoms with E-state index in [0.717, 1.165) is 0 Å². The summed E-state index contributed by atoms with van der Waals surface area (Å²) in [4.78, 5) is 25.7. The zero-order valence-corrected chi connectivity index (χ0v) is 7.92. The third kappa shape index (κ3) is 2.21. The van der Waals surface area contributed by atoms with Gasteiger partial charge in [-0.05, 0) is 37.1 Å². The molecule has 0 saturated carbocycles. The van der Waals surface area contributed by atoms with Gasteiger partial charge in [0.1, 0.15) is 0 Å². The van der Waals surface area contributed by atoms with Crippen LogP contribution in [0, 0.1) is 0 Å². The Bertz CT molecular complexity index is 335. The molecule has 1 rings (SSSR count). The molecule has 0 N–H and O–H groups in total. The molecule has 0 bridgehead atoms. The lowest BCUT2D eigenvalue weighted by molar-refractivity contribution is -0.116. The molecule has 0 aromatic carbocycles. The van der Waals surface area contributed by atoms with E-state index in [1.807, 2.05) is 0 Å². The second kappa shape index (κ2) is 3.47. The summed E-state index contributed by atoms with van der Waals surface area (Å²) < 4.78 is 0. The highest BCUT2D eigenvalue weighted by Crippen LogP contribution is 2.12. The summed E-state index contributed by atoms with van der Waals surface area (Å²) in [5.41, 5.74) is 1.81. The summed E-state index contributed by atoms with van der Waals surface area (Å²) in [6.45, 7) is 4.82. The number of allylic oxidation sites excluding steroid dienone is 4. The maximum atomic E-state index is 11.3. The van der Waals surface area contributed by atoms with Crippen molar-refractivity contribution in [2.45, 2.75) is 20.8 Å². The summed E-state index contributed by atoms with van der Waals surface area (Å²) in [6, 6.07) is 0. The fourth-order valence-corrected chi connectivity index (χ4v) is 1.17. The van der Waals surface area contributed by atoms with Crippen LogP contribution in [0.15, 0.2) is 28.3 Å². The van der Waals surface area contributed by atoms with E-state index < -0.39 is 0 Å². The lowest BCUT2D eigenvalue weighted by Crippen LogP contribution is -2.11. The van der Waals surface area contributed by atoms with Crippen molar-refractivity contribution in [3.63, 3.8) is 0 Å². The zero-order chi connectivity index (χ0) is 10.0. The Balaban J connectivity index is 3.07. The fraction of sp³-hybridized carbons (Fsp3) is 0.300. The van der Waals surface area contributed by atoms with Gasteiger partial charge in [0.05, 0.1) is 5.71 Å². The molecular weight excluding hydrogens is 166 g/mol. The number of carbonyl (C=O) groups excluding carboxylic acids is 2. The van der Waals surface area contributed by atoms with Crippen molar-refractivity contribution in [3.05, 3.63) is 23.3 Å². The number of carbonyl (C=O) groups is 2. The smallest absolute Gasteiger partial charge is 0.243 e. The first-order valence-corrected chi connectivity index (χ1v) is 4.01. The largest absolute Gasteiger partial charge is 0.289 e. The van der Waals surface area contributed by atoms with E-state index in [0.29, 0.717) is 16.9 Å². The van der Waals surface area contributed by atoms with Crippen LogP contribution in [-0.2, 0) is 9.59 Å². The van der Waals surface area contributed by atoms with Crippen LogP contribution in [0.3, 0.4) is 0 Å². The summed E-state index contributed by atoms with van der Waals surface area (Å²) >= 11 is 0. The topological polar surface area (TPSA) is 46.5 Å². The number of aliphatic imine (C=N–C) groups is 1. The highest BCUT2D eigenvalue weighted by atomic mass is 16.1. The van der Waals surface area contributed by atoms with Gasteiger partial charge in [0, 0.05) is 6.92 Å². The monoisotopic (exact) mass is 177 g/mol. The number of ketones is 1. The van der Waals surface area contributed by atoms with E-state index in [2.05, 4.69) is 4.99 Å². The number of amides is 1. The van der Waals surface area contributed by atoms with Crippen LogP contribution in [0.2, 0.25) is 0 Å². The zero-order valence-electron chi connectivity index (χ0n) is 7.92. The van der Waals surface area contributed by atoms with Crippen LogP contribution in [0.25, 0.3) is 0 Å². The van der Waals surface area contributed by atoms with E-state index in [1.165, 1.54) is 6.92 Å². The molecule has 1 aliphatic rings. The van der Waals surface area contributed by atoms with Crippen molar-refractivity contribution in [1.82, 2.24) is 0 Å². The van der Waals surface area contributed by atoms with Gasteiger partial charge in [-0.3, -0.25) is 9.59 Å². The average Bonchev–Trinajstić information content (AvgIpc) is 1.98. The first-order valence-electron chi connectivity index (χ1n) is 4.01. The summed E-state index contributed by atoms with van der Waals surface area (Å²) in [7, 11) is 0. The summed E-state index contributed by atoms with van der Waals surface area (Å²) in [5, 5.41) is 0. The highest BCUT2D eigenvalue weighted by Gasteiger charge is 2.13. The standard InChI is InChI=1S/C10H11NO2/c1-6-4-9(11-8(3)12)5-7(2)10(6)13/h4-5H,1-3H3. The summed E-state index contributed by atoms with van der Waals surface area (Å²) in [6.07, 6.45) is 3.24. The molecule has 13 heavy (non-hydrogen) atoms. The molecule has 0 aromatic heterocycles. The molecule has 0 fully saturated rings. The Kier molecular flexibility index (Phi) is 2.56. The van der Waals surface area contributed by atoms with Crippen LogP contribution in [0.4, 0.5) is 0 Å². The Morgan fingerprint density at radius 2 is 1.69 bits per heavy atom. The first-order chi connectivity index (χ1) is 6.00. The number of hydrogen-bond acceptors (Lipinski definition) is 2. The van der Waals surface area contributed by atoms with Gasteiger partial charge in [0.15, 0.2) is 5.78 Å². The number of nitrogens with zero attached hydrogens (tertiary/aromatic N) is 1. The Labute approximate surface area is 76.9 Å². The van der Waals surface area contributed by atoms with Gasteiger partial charge in [0.25, 0.3) is 0 Å². The van der Waals surface area contributed by atoms with E-state index in [1.54, 1.807) is 26.0 Å². The lowest BCUT2D eigenvalue weighted by Gasteiger charge is -2.07. The minimum Gasteiger partial charge on any atom is -0.289 e. The molecule has 1 amide bonds. The fourth-order valence-electron chi connectivity index (χ4n) is 1.17. The lowest BCUT2D eigenvalue weighted by atomic mass is 9.98. The van der Waals surface area contributed by atoms with Gasteiger partial charge >= 0.3 is 0 Å². The molecule has 68 valence electrons. The maximum absolute atomic E-state index is 11.3. The molecule has 0 spiro atoms. The molecule has 0 aromatic rings. The third-order valence-corrected chi connectivity index (χ3v) is 1.73. The highest BCUT2D eigenvalue weighted by molar-refractivity contribution is 6.22. The molecule has 3 heteroatoms. The molecular formula is C10H11NO2. The molecule has 0 heterocycles. The summed E-state index contributed by atoms with van der Waals surface area (Å²) in [5.74, 6) is -0.236. The third-order valence-electron chi connectivity index (χ3n) is 1.73. The van der Waals surface area contributed by atoms with Gasteiger partial charge in [-0.2, -0.15) is 0 Å². The Morgan fingerprint density at radius 3 is 2.08 bits per heavy atom. The second-order valence-electron chi connectivity index (χ2n) is 3.04. The van der Waals surface area contributed by atoms with Crippen molar-refractivity contribution >= 4 is 17.4 Å². The minimum absolute atomic E-state index is 0.0162. The van der Waals surface area contributed by atoms with Crippen LogP contribution in [0.1, 0.15) is 20.8 Å². The average molecular weight is 177 g/mol.